The Morgan fingerprint density at radius 1 is 1.33 bits per heavy atom. The van der Waals surface area contributed by atoms with Crippen LogP contribution in [0, 0.1) is 5.41 Å². The molecule has 1 aromatic carbocycles. The highest BCUT2D eigenvalue weighted by Crippen LogP contribution is 2.37. The van der Waals surface area contributed by atoms with Crippen LogP contribution in [0.15, 0.2) is 23.1 Å². The van der Waals surface area contributed by atoms with E-state index in [4.69, 9.17) is 9.84 Å². The number of hydrogen-bond donors (Lipinski definition) is 2. The summed E-state index contributed by atoms with van der Waals surface area (Å²) < 4.78 is 32.8. The highest BCUT2D eigenvalue weighted by molar-refractivity contribution is 7.89. The topological polar surface area (TPSA) is 75.6 Å². The minimum Gasteiger partial charge on any atom is -0.495 e. The molecule has 0 heterocycles. The third-order valence-electron chi connectivity index (χ3n) is 4.20. The highest BCUT2D eigenvalue weighted by atomic mass is 32.2. The second-order valence-electron chi connectivity index (χ2n) is 5.99. The molecule has 0 saturated heterocycles. The van der Waals surface area contributed by atoms with Crippen LogP contribution in [0.5, 0.6) is 5.75 Å². The molecule has 0 radical (unpaired) electrons. The van der Waals surface area contributed by atoms with Gasteiger partial charge < -0.3 is 9.84 Å². The van der Waals surface area contributed by atoms with Crippen molar-refractivity contribution >= 4 is 10.0 Å². The van der Waals surface area contributed by atoms with Crippen LogP contribution in [0.2, 0.25) is 0 Å². The van der Waals surface area contributed by atoms with E-state index in [1.165, 1.54) is 13.2 Å². The molecule has 5 nitrogen and oxygen atoms in total. The van der Waals surface area contributed by atoms with Crippen molar-refractivity contribution in [1.82, 2.24) is 4.72 Å². The third kappa shape index (κ3) is 3.75. The molecule has 1 aliphatic rings. The third-order valence-corrected chi connectivity index (χ3v) is 5.64. The molecule has 21 heavy (non-hydrogen) atoms. The smallest absolute Gasteiger partial charge is 0.244 e. The van der Waals surface area contributed by atoms with Crippen LogP contribution in [0.1, 0.15) is 38.2 Å². The molecule has 1 aromatic rings. The Morgan fingerprint density at radius 2 is 2.00 bits per heavy atom. The first kappa shape index (κ1) is 16.3. The highest BCUT2D eigenvalue weighted by Gasteiger charge is 2.31. The van der Waals surface area contributed by atoms with Crippen molar-refractivity contribution in [1.29, 1.82) is 0 Å². The summed E-state index contributed by atoms with van der Waals surface area (Å²) in [4.78, 5) is 0.115. The number of ether oxygens (including phenoxy) is 1. The number of hydrogen-bond acceptors (Lipinski definition) is 4. The number of sulfonamides is 1. The maximum atomic E-state index is 12.5. The molecule has 1 fully saturated rings. The van der Waals surface area contributed by atoms with Gasteiger partial charge in [-0.3, -0.25) is 0 Å². The molecule has 6 heteroatoms. The number of aliphatic hydroxyl groups is 1. The van der Waals surface area contributed by atoms with Crippen LogP contribution in [-0.4, -0.2) is 27.2 Å². The van der Waals surface area contributed by atoms with E-state index in [9.17, 15) is 8.42 Å². The predicted octanol–water partition coefficient (Wildman–Crippen LogP) is 2.05. The minimum atomic E-state index is -3.61. The van der Waals surface area contributed by atoms with E-state index in [1.54, 1.807) is 12.1 Å². The average Bonchev–Trinajstić information content (AvgIpc) is 2.92. The largest absolute Gasteiger partial charge is 0.495 e. The predicted molar refractivity (Wildman–Crippen MR) is 80.7 cm³/mol. The van der Waals surface area contributed by atoms with Gasteiger partial charge in [0.25, 0.3) is 0 Å². The number of benzene rings is 1. The summed E-state index contributed by atoms with van der Waals surface area (Å²) in [6.07, 6.45) is 4.42. The lowest BCUT2D eigenvalue weighted by atomic mass is 9.89. The van der Waals surface area contributed by atoms with Gasteiger partial charge in [-0.1, -0.05) is 25.8 Å². The number of rotatable bonds is 6. The molecule has 0 aliphatic heterocycles. The standard InChI is InChI=1S/C15H23NO4S/c1-15(7-3-4-8-15)11-16-21(18,19)14-6-5-12(10-17)9-13(14)20-2/h5-6,9,16-17H,3-4,7-8,10-11H2,1-2H3. The number of aliphatic hydroxyl groups excluding tert-OH is 1. The van der Waals surface area contributed by atoms with Gasteiger partial charge in [0.05, 0.1) is 13.7 Å². The van der Waals surface area contributed by atoms with Gasteiger partial charge in [0.2, 0.25) is 10.0 Å². The van der Waals surface area contributed by atoms with Crippen LogP contribution < -0.4 is 9.46 Å². The fourth-order valence-electron chi connectivity index (χ4n) is 2.78. The zero-order chi connectivity index (χ0) is 15.5. The van der Waals surface area contributed by atoms with E-state index in [0.29, 0.717) is 12.1 Å². The lowest BCUT2D eigenvalue weighted by Gasteiger charge is -2.24. The Kier molecular flexibility index (Phi) is 4.91. The fourth-order valence-corrected chi connectivity index (χ4v) is 4.13. The van der Waals surface area contributed by atoms with Crippen LogP contribution >= 0.6 is 0 Å². The van der Waals surface area contributed by atoms with Gasteiger partial charge in [-0.05, 0) is 36.0 Å². The second kappa shape index (κ2) is 6.34. The van der Waals surface area contributed by atoms with Crippen molar-refractivity contribution in [2.24, 2.45) is 5.41 Å². The summed E-state index contributed by atoms with van der Waals surface area (Å²) in [6.45, 7) is 2.41. The van der Waals surface area contributed by atoms with Crippen LogP contribution in [0.3, 0.4) is 0 Å². The zero-order valence-electron chi connectivity index (χ0n) is 12.6. The van der Waals surface area contributed by atoms with Gasteiger partial charge in [-0.15, -0.1) is 0 Å². The maximum Gasteiger partial charge on any atom is 0.244 e. The molecular formula is C15H23NO4S. The van der Waals surface area contributed by atoms with Crippen LogP contribution in [0.4, 0.5) is 0 Å². The van der Waals surface area contributed by atoms with E-state index in [1.807, 2.05) is 0 Å². The molecule has 2 rings (SSSR count). The molecular weight excluding hydrogens is 290 g/mol. The molecule has 0 atom stereocenters. The van der Waals surface area contributed by atoms with Crippen molar-refractivity contribution in [3.05, 3.63) is 23.8 Å². The van der Waals surface area contributed by atoms with Crippen molar-refractivity contribution in [2.45, 2.75) is 44.1 Å². The summed E-state index contributed by atoms with van der Waals surface area (Å²) in [5.74, 6) is 0.255. The van der Waals surface area contributed by atoms with Crippen molar-refractivity contribution in [3.8, 4) is 5.75 Å². The summed E-state index contributed by atoms with van der Waals surface area (Å²) >= 11 is 0. The summed E-state index contributed by atoms with van der Waals surface area (Å²) in [5, 5.41) is 9.11. The maximum absolute atomic E-state index is 12.5. The summed E-state index contributed by atoms with van der Waals surface area (Å²) in [5.41, 5.74) is 0.666. The first-order chi connectivity index (χ1) is 9.90. The Bertz CT molecular complexity index is 592. The Balaban J connectivity index is 2.19. The lowest BCUT2D eigenvalue weighted by molar-refractivity contribution is 0.280. The van der Waals surface area contributed by atoms with Gasteiger partial charge in [0.15, 0.2) is 0 Å². The fraction of sp³-hybridized carbons (Fsp3) is 0.600. The van der Waals surface area contributed by atoms with Crippen molar-refractivity contribution in [2.75, 3.05) is 13.7 Å². The Labute approximate surface area is 126 Å². The van der Waals surface area contributed by atoms with Gasteiger partial charge in [0.1, 0.15) is 10.6 Å². The molecule has 0 amide bonds. The molecule has 1 saturated carbocycles. The molecule has 0 spiro atoms. The first-order valence-electron chi connectivity index (χ1n) is 7.18. The van der Waals surface area contributed by atoms with Crippen molar-refractivity contribution in [3.63, 3.8) is 0 Å². The van der Waals surface area contributed by atoms with E-state index in [0.717, 1.165) is 25.7 Å². The van der Waals surface area contributed by atoms with Crippen molar-refractivity contribution < 1.29 is 18.3 Å². The van der Waals surface area contributed by atoms with Crippen LogP contribution in [-0.2, 0) is 16.6 Å². The van der Waals surface area contributed by atoms with Gasteiger partial charge in [-0.2, -0.15) is 0 Å². The molecule has 1 aliphatic carbocycles. The molecule has 118 valence electrons. The van der Waals surface area contributed by atoms with E-state index in [2.05, 4.69) is 11.6 Å². The van der Waals surface area contributed by atoms with Gasteiger partial charge in [0, 0.05) is 6.54 Å². The van der Waals surface area contributed by atoms with Gasteiger partial charge >= 0.3 is 0 Å². The SMILES string of the molecule is COc1cc(CO)ccc1S(=O)(=O)NCC1(C)CCCC1. The van der Waals surface area contributed by atoms with E-state index in [-0.39, 0.29) is 22.7 Å². The first-order valence-corrected chi connectivity index (χ1v) is 8.66. The van der Waals surface area contributed by atoms with Gasteiger partial charge in [-0.25, -0.2) is 13.1 Å². The monoisotopic (exact) mass is 313 g/mol. The molecule has 0 bridgehead atoms. The summed E-state index contributed by atoms with van der Waals surface area (Å²) in [7, 11) is -2.19. The number of methoxy groups -OCH3 is 1. The Hall–Kier alpha value is -1.11. The Morgan fingerprint density at radius 3 is 2.57 bits per heavy atom. The molecule has 0 aromatic heterocycles. The van der Waals surface area contributed by atoms with E-state index < -0.39 is 10.0 Å². The second-order valence-corrected chi connectivity index (χ2v) is 7.72. The minimum absolute atomic E-state index is 0.0470. The van der Waals surface area contributed by atoms with Crippen LogP contribution in [0.25, 0.3) is 0 Å². The molecule has 2 N–H and O–H groups in total. The number of nitrogens with one attached hydrogen (secondary N) is 1. The normalized spacial score (nSPS) is 17.9. The quantitative estimate of drug-likeness (QED) is 0.843. The summed E-state index contributed by atoms with van der Waals surface area (Å²) in [6, 6.07) is 4.61. The average molecular weight is 313 g/mol. The lowest BCUT2D eigenvalue weighted by Crippen LogP contribution is -2.34. The zero-order valence-corrected chi connectivity index (χ0v) is 13.4. The molecule has 0 unspecified atom stereocenters. The van der Waals surface area contributed by atoms with E-state index >= 15 is 0 Å².